The summed E-state index contributed by atoms with van der Waals surface area (Å²) in [6.45, 7) is 0. The summed E-state index contributed by atoms with van der Waals surface area (Å²) >= 11 is 0. The van der Waals surface area contributed by atoms with E-state index in [1.807, 2.05) is 0 Å². The van der Waals surface area contributed by atoms with Crippen molar-refractivity contribution < 1.29 is 9.47 Å². The lowest BCUT2D eigenvalue weighted by atomic mass is 10.2. The average Bonchev–Trinajstić information content (AvgIpc) is 2.07. The van der Waals surface area contributed by atoms with Crippen LogP contribution < -0.4 is 5.84 Å². The Bertz CT molecular complexity index is 169. The number of hydrogen-bond acceptors (Lipinski definition) is 4. The minimum Gasteiger partial charge on any atom is -0.346 e. The molecule has 0 aromatic carbocycles. The van der Waals surface area contributed by atoms with Crippen molar-refractivity contribution in [3.05, 3.63) is 24.6 Å². The molecule has 0 saturated heterocycles. The molecule has 1 heterocycles. The Labute approximate surface area is 65.8 Å². The number of hydrazine groups is 1. The highest BCUT2D eigenvalue weighted by molar-refractivity contribution is 5.13. The van der Waals surface area contributed by atoms with Gasteiger partial charge in [-0.25, -0.2) is 5.84 Å². The van der Waals surface area contributed by atoms with Gasteiger partial charge < -0.3 is 9.47 Å². The molecule has 0 aromatic heterocycles. The minimum absolute atomic E-state index is 0.740. The van der Waals surface area contributed by atoms with E-state index in [0.717, 1.165) is 0 Å². The molecule has 0 atom stereocenters. The lowest BCUT2D eigenvalue weighted by Gasteiger charge is -2.27. The van der Waals surface area contributed by atoms with Gasteiger partial charge in [0.1, 0.15) is 0 Å². The van der Waals surface area contributed by atoms with Gasteiger partial charge in [-0.1, -0.05) is 0 Å². The van der Waals surface area contributed by atoms with E-state index in [9.17, 15) is 0 Å². The molecule has 2 N–H and O–H groups in total. The first-order valence-electron chi connectivity index (χ1n) is 3.24. The van der Waals surface area contributed by atoms with Crippen molar-refractivity contribution in [1.82, 2.24) is 5.01 Å². The lowest BCUT2D eigenvalue weighted by molar-refractivity contribution is -0.135. The van der Waals surface area contributed by atoms with Gasteiger partial charge in [0.05, 0.1) is 0 Å². The van der Waals surface area contributed by atoms with Gasteiger partial charge in [-0.3, -0.25) is 5.01 Å². The van der Waals surface area contributed by atoms with Crippen molar-refractivity contribution >= 4 is 0 Å². The SMILES string of the molecule is COC1(OC)C=CN(N)C=C1. The molecule has 62 valence electrons. The molecule has 0 saturated carbocycles. The molecular formula is C7H12N2O2. The molecule has 0 aliphatic carbocycles. The lowest BCUT2D eigenvalue weighted by Crippen LogP contribution is -2.34. The fraction of sp³-hybridized carbons (Fsp3) is 0.429. The molecule has 0 aromatic rings. The van der Waals surface area contributed by atoms with Gasteiger partial charge >= 0.3 is 0 Å². The summed E-state index contributed by atoms with van der Waals surface area (Å²) in [5, 5.41) is 1.43. The van der Waals surface area contributed by atoms with Crippen LogP contribution in [-0.4, -0.2) is 25.0 Å². The van der Waals surface area contributed by atoms with Crippen LogP contribution >= 0.6 is 0 Å². The fourth-order valence-electron chi connectivity index (χ4n) is 0.841. The van der Waals surface area contributed by atoms with E-state index in [0.29, 0.717) is 0 Å². The number of methoxy groups -OCH3 is 2. The predicted molar refractivity (Wildman–Crippen MR) is 41.1 cm³/mol. The zero-order valence-electron chi connectivity index (χ0n) is 6.65. The summed E-state index contributed by atoms with van der Waals surface area (Å²) < 4.78 is 10.2. The number of ether oxygens (including phenoxy) is 2. The van der Waals surface area contributed by atoms with Crippen molar-refractivity contribution in [3.8, 4) is 0 Å². The summed E-state index contributed by atoms with van der Waals surface area (Å²) in [6, 6.07) is 0. The molecule has 1 aliphatic rings. The number of hydrogen-bond donors (Lipinski definition) is 1. The van der Waals surface area contributed by atoms with Crippen LogP contribution in [0.25, 0.3) is 0 Å². The first-order valence-corrected chi connectivity index (χ1v) is 3.24. The van der Waals surface area contributed by atoms with E-state index in [1.165, 1.54) is 5.01 Å². The molecule has 1 rings (SSSR count). The van der Waals surface area contributed by atoms with Gasteiger partial charge in [0, 0.05) is 26.6 Å². The Balaban J connectivity index is 2.73. The largest absolute Gasteiger partial charge is 0.346 e. The molecule has 0 bridgehead atoms. The Morgan fingerprint density at radius 2 is 1.64 bits per heavy atom. The van der Waals surface area contributed by atoms with Crippen LogP contribution in [0.4, 0.5) is 0 Å². The van der Waals surface area contributed by atoms with Crippen LogP contribution in [0.5, 0.6) is 0 Å². The van der Waals surface area contributed by atoms with Crippen LogP contribution in [-0.2, 0) is 9.47 Å². The second kappa shape index (κ2) is 3.04. The summed E-state index contributed by atoms with van der Waals surface area (Å²) in [6.07, 6.45) is 6.81. The topological polar surface area (TPSA) is 47.7 Å². The maximum atomic E-state index is 5.41. The normalized spacial score (nSPS) is 20.8. The van der Waals surface area contributed by atoms with Gasteiger partial charge in [-0.2, -0.15) is 0 Å². The summed E-state index contributed by atoms with van der Waals surface area (Å²) in [5.74, 6) is 4.67. The molecular weight excluding hydrogens is 144 g/mol. The number of rotatable bonds is 2. The van der Waals surface area contributed by atoms with E-state index < -0.39 is 5.79 Å². The molecule has 0 radical (unpaired) electrons. The van der Waals surface area contributed by atoms with E-state index in [4.69, 9.17) is 15.3 Å². The van der Waals surface area contributed by atoms with E-state index >= 15 is 0 Å². The quantitative estimate of drug-likeness (QED) is 0.458. The van der Waals surface area contributed by atoms with Crippen LogP contribution in [0.1, 0.15) is 0 Å². The summed E-state index contributed by atoms with van der Waals surface area (Å²) in [7, 11) is 3.15. The van der Waals surface area contributed by atoms with Crippen LogP contribution in [0.15, 0.2) is 24.6 Å². The smallest absolute Gasteiger partial charge is 0.210 e. The average molecular weight is 156 g/mol. The van der Waals surface area contributed by atoms with Crippen LogP contribution in [0, 0.1) is 0 Å². The Morgan fingerprint density at radius 1 is 1.18 bits per heavy atom. The molecule has 0 amide bonds. The Hall–Kier alpha value is -0.840. The third kappa shape index (κ3) is 1.59. The number of nitrogens with two attached hydrogens (primary N) is 1. The standard InChI is InChI=1S/C7H12N2O2/c1-10-7(11-2)3-5-9(8)6-4-7/h3-6H,8H2,1-2H3. The van der Waals surface area contributed by atoms with Crippen molar-refractivity contribution in [2.24, 2.45) is 5.84 Å². The second-order valence-electron chi connectivity index (χ2n) is 2.21. The highest BCUT2D eigenvalue weighted by Crippen LogP contribution is 2.18. The van der Waals surface area contributed by atoms with Crippen molar-refractivity contribution in [2.75, 3.05) is 14.2 Å². The van der Waals surface area contributed by atoms with Crippen LogP contribution in [0.2, 0.25) is 0 Å². The van der Waals surface area contributed by atoms with Gasteiger partial charge in [-0.15, -0.1) is 0 Å². The molecule has 0 fully saturated rings. The monoisotopic (exact) mass is 156 g/mol. The molecule has 11 heavy (non-hydrogen) atoms. The fourth-order valence-corrected chi connectivity index (χ4v) is 0.841. The van der Waals surface area contributed by atoms with Crippen LogP contribution in [0.3, 0.4) is 0 Å². The van der Waals surface area contributed by atoms with E-state index in [1.54, 1.807) is 38.8 Å². The summed E-state index contributed by atoms with van der Waals surface area (Å²) in [5.41, 5.74) is 0. The summed E-state index contributed by atoms with van der Waals surface area (Å²) in [4.78, 5) is 0. The first kappa shape index (κ1) is 8.26. The third-order valence-electron chi connectivity index (χ3n) is 1.60. The van der Waals surface area contributed by atoms with Gasteiger partial charge in [0.2, 0.25) is 5.79 Å². The second-order valence-corrected chi connectivity index (χ2v) is 2.21. The number of nitrogens with zero attached hydrogens (tertiary/aromatic N) is 1. The van der Waals surface area contributed by atoms with E-state index in [2.05, 4.69) is 0 Å². The Kier molecular flexibility index (Phi) is 2.28. The first-order chi connectivity index (χ1) is 5.22. The van der Waals surface area contributed by atoms with Crippen molar-refractivity contribution in [1.29, 1.82) is 0 Å². The minimum atomic E-state index is -0.740. The van der Waals surface area contributed by atoms with Crippen molar-refractivity contribution in [2.45, 2.75) is 5.79 Å². The van der Waals surface area contributed by atoms with Gasteiger partial charge in [-0.05, 0) is 12.2 Å². The highest BCUT2D eigenvalue weighted by Gasteiger charge is 2.24. The molecule has 0 unspecified atom stereocenters. The maximum absolute atomic E-state index is 5.41. The molecule has 4 heteroatoms. The third-order valence-corrected chi connectivity index (χ3v) is 1.60. The molecule has 4 nitrogen and oxygen atoms in total. The highest BCUT2D eigenvalue weighted by atomic mass is 16.7. The maximum Gasteiger partial charge on any atom is 0.210 e. The predicted octanol–water partition coefficient (Wildman–Crippen LogP) is 0.192. The Morgan fingerprint density at radius 3 is 2.00 bits per heavy atom. The van der Waals surface area contributed by atoms with Crippen molar-refractivity contribution in [3.63, 3.8) is 0 Å². The van der Waals surface area contributed by atoms with E-state index in [-0.39, 0.29) is 0 Å². The molecule has 1 aliphatic heterocycles. The molecule has 0 spiro atoms. The zero-order chi connectivity index (χ0) is 8.32. The van der Waals surface area contributed by atoms with Gasteiger partial charge in [0.25, 0.3) is 0 Å². The van der Waals surface area contributed by atoms with Gasteiger partial charge in [0.15, 0.2) is 0 Å². The zero-order valence-corrected chi connectivity index (χ0v) is 6.65.